The predicted molar refractivity (Wildman–Crippen MR) is 100.0 cm³/mol. The van der Waals surface area contributed by atoms with Crippen LogP contribution in [0.25, 0.3) is 0 Å². The van der Waals surface area contributed by atoms with Gasteiger partial charge in [-0.3, -0.25) is 4.79 Å². The van der Waals surface area contributed by atoms with Gasteiger partial charge in [0.05, 0.1) is 30.3 Å². The highest BCUT2D eigenvalue weighted by molar-refractivity contribution is 7.12. The van der Waals surface area contributed by atoms with Crippen LogP contribution in [0.15, 0.2) is 34.2 Å². The van der Waals surface area contributed by atoms with Gasteiger partial charge < -0.3 is 24.1 Å². The highest BCUT2D eigenvalue weighted by Gasteiger charge is 2.21. The number of aromatic nitrogens is 2. The Bertz CT molecular complexity index is 983. The van der Waals surface area contributed by atoms with E-state index in [4.69, 9.17) is 18.7 Å². The van der Waals surface area contributed by atoms with Crippen LogP contribution in [-0.4, -0.2) is 36.2 Å². The summed E-state index contributed by atoms with van der Waals surface area (Å²) in [7, 11) is 2.90. The molecular weight excluding hydrogens is 386 g/mol. The molecule has 10 heteroatoms. The lowest BCUT2D eigenvalue weighted by Crippen LogP contribution is -2.15. The van der Waals surface area contributed by atoms with E-state index >= 15 is 0 Å². The summed E-state index contributed by atoms with van der Waals surface area (Å²) < 4.78 is 20.7. The Hall–Kier alpha value is -3.40. The highest BCUT2D eigenvalue weighted by atomic mass is 32.1. The van der Waals surface area contributed by atoms with Crippen molar-refractivity contribution in [3.05, 3.63) is 51.8 Å². The van der Waals surface area contributed by atoms with Crippen molar-refractivity contribution in [2.75, 3.05) is 19.5 Å². The predicted octanol–water partition coefficient (Wildman–Crippen LogP) is 3.07. The third kappa shape index (κ3) is 4.29. The number of hydrogen-bond acceptors (Lipinski definition) is 9. The number of thiophene rings is 1. The van der Waals surface area contributed by atoms with Crippen LogP contribution in [0.3, 0.4) is 0 Å². The summed E-state index contributed by atoms with van der Waals surface area (Å²) in [6, 6.07) is 6.37. The van der Waals surface area contributed by atoms with Crippen LogP contribution in [0.2, 0.25) is 0 Å². The maximum atomic E-state index is 12.6. The molecule has 3 rings (SSSR count). The molecule has 0 atom stereocenters. The molecule has 2 heterocycles. The first-order chi connectivity index (χ1) is 13.5. The van der Waals surface area contributed by atoms with Crippen LogP contribution >= 0.6 is 11.3 Å². The number of rotatable bonds is 7. The molecule has 2 aromatic heterocycles. The van der Waals surface area contributed by atoms with Crippen LogP contribution in [0, 0.1) is 6.92 Å². The second-order valence-corrected chi connectivity index (χ2v) is 6.44. The fourth-order valence-electron chi connectivity index (χ4n) is 2.35. The largest absolute Gasteiger partial charge is 0.493 e. The zero-order chi connectivity index (χ0) is 20.1. The number of nitrogens with one attached hydrogen (secondary N) is 1. The lowest BCUT2D eigenvalue weighted by Gasteiger charge is -2.14. The van der Waals surface area contributed by atoms with Crippen molar-refractivity contribution in [3.8, 4) is 11.5 Å². The minimum absolute atomic E-state index is 0.0961. The van der Waals surface area contributed by atoms with Crippen molar-refractivity contribution < 1.29 is 28.3 Å². The molecule has 0 spiro atoms. The van der Waals surface area contributed by atoms with Crippen molar-refractivity contribution in [2.45, 2.75) is 13.5 Å². The van der Waals surface area contributed by atoms with Crippen LogP contribution in [-0.2, 0) is 11.3 Å². The Balaban J connectivity index is 1.87. The van der Waals surface area contributed by atoms with Crippen LogP contribution in [0.1, 0.15) is 31.7 Å². The van der Waals surface area contributed by atoms with E-state index in [0.29, 0.717) is 22.2 Å². The normalized spacial score (nSPS) is 10.4. The van der Waals surface area contributed by atoms with Gasteiger partial charge in [-0.1, -0.05) is 11.2 Å². The molecule has 0 unspecified atom stereocenters. The molecule has 1 N–H and O–H groups in total. The first-order valence-corrected chi connectivity index (χ1v) is 8.97. The zero-order valence-electron chi connectivity index (χ0n) is 15.3. The quantitative estimate of drug-likeness (QED) is 0.599. The Kier molecular flexibility index (Phi) is 5.90. The van der Waals surface area contributed by atoms with Gasteiger partial charge in [0.2, 0.25) is 0 Å². The van der Waals surface area contributed by atoms with Crippen LogP contribution in [0.5, 0.6) is 11.5 Å². The van der Waals surface area contributed by atoms with Gasteiger partial charge in [-0.15, -0.1) is 11.3 Å². The maximum absolute atomic E-state index is 12.6. The summed E-state index contributed by atoms with van der Waals surface area (Å²) in [4.78, 5) is 29.5. The molecule has 0 aliphatic rings. The van der Waals surface area contributed by atoms with Crippen molar-refractivity contribution in [3.63, 3.8) is 0 Å². The van der Waals surface area contributed by atoms with Gasteiger partial charge in [0.1, 0.15) is 0 Å². The molecule has 9 nitrogen and oxygen atoms in total. The Morgan fingerprint density at radius 1 is 1.21 bits per heavy atom. The van der Waals surface area contributed by atoms with E-state index in [-0.39, 0.29) is 29.7 Å². The fraction of sp³-hybridized carbons (Fsp3) is 0.222. The first kappa shape index (κ1) is 19.4. The molecule has 0 radical (unpaired) electrons. The van der Waals surface area contributed by atoms with Crippen molar-refractivity contribution in [2.24, 2.45) is 0 Å². The summed E-state index contributed by atoms with van der Waals surface area (Å²) in [5.74, 6) is 0.212. The Morgan fingerprint density at radius 2 is 1.96 bits per heavy atom. The summed E-state index contributed by atoms with van der Waals surface area (Å²) in [5, 5.41) is 8.12. The molecule has 0 bridgehead atoms. The average Bonchev–Trinajstić information content (AvgIpc) is 3.37. The van der Waals surface area contributed by atoms with Crippen molar-refractivity contribution in [1.29, 1.82) is 0 Å². The Labute approximate surface area is 164 Å². The van der Waals surface area contributed by atoms with Crippen molar-refractivity contribution in [1.82, 2.24) is 10.1 Å². The average molecular weight is 403 g/mol. The number of esters is 1. The molecule has 0 saturated heterocycles. The third-order valence-electron chi connectivity index (χ3n) is 3.63. The summed E-state index contributed by atoms with van der Waals surface area (Å²) in [5.41, 5.74) is 0.321. The molecule has 28 heavy (non-hydrogen) atoms. The number of aryl methyl sites for hydroxylation is 1. The van der Waals surface area contributed by atoms with Crippen LogP contribution in [0.4, 0.5) is 5.69 Å². The number of amides is 1. The third-order valence-corrected chi connectivity index (χ3v) is 4.50. The number of carbonyl (C=O) groups is 2. The molecule has 1 aromatic carbocycles. The van der Waals surface area contributed by atoms with E-state index in [0.717, 1.165) is 0 Å². The number of hydrogen-bond donors (Lipinski definition) is 1. The van der Waals surface area contributed by atoms with Gasteiger partial charge in [-0.2, -0.15) is 4.98 Å². The summed E-state index contributed by atoms with van der Waals surface area (Å²) in [6.45, 7) is 1.45. The summed E-state index contributed by atoms with van der Waals surface area (Å²) in [6.07, 6.45) is 0. The number of methoxy groups -OCH3 is 2. The number of carbonyl (C=O) groups excluding carboxylic acids is 2. The minimum Gasteiger partial charge on any atom is -0.493 e. The molecule has 0 fully saturated rings. The fourth-order valence-corrected chi connectivity index (χ4v) is 2.97. The topological polar surface area (TPSA) is 113 Å². The molecule has 1 amide bonds. The number of anilines is 1. The minimum atomic E-state index is -0.696. The molecule has 0 aliphatic carbocycles. The van der Waals surface area contributed by atoms with Crippen molar-refractivity contribution >= 4 is 28.9 Å². The van der Waals surface area contributed by atoms with Gasteiger partial charge in [0, 0.05) is 12.1 Å². The van der Waals surface area contributed by atoms with Gasteiger partial charge in [0.25, 0.3) is 11.8 Å². The molecule has 3 aromatic rings. The second-order valence-electron chi connectivity index (χ2n) is 5.50. The number of benzene rings is 1. The van der Waals surface area contributed by atoms with E-state index in [2.05, 4.69) is 15.5 Å². The Morgan fingerprint density at radius 3 is 2.57 bits per heavy atom. The zero-order valence-corrected chi connectivity index (χ0v) is 16.2. The van der Waals surface area contributed by atoms with Gasteiger partial charge in [-0.05, 0) is 18.4 Å². The van der Waals surface area contributed by atoms with Gasteiger partial charge in [0.15, 0.2) is 23.9 Å². The smallest absolute Gasteiger partial charge is 0.340 e. The van der Waals surface area contributed by atoms with E-state index in [1.807, 2.05) is 0 Å². The molecular formula is C18H17N3O6S. The SMILES string of the molecule is COc1cc(NC(=O)c2cccs2)c(C(=O)OCc2nc(C)no2)cc1OC. The van der Waals surface area contributed by atoms with E-state index in [1.165, 1.54) is 37.7 Å². The van der Waals surface area contributed by atoms with E-state index in [1.54, 1.807) is 24.4 Å². The second kappa shape index (κ2) is 8.53. The summed E-state index contributed by atoms with van der Waals surface area (Å²) >= 11 is 1.28. The van der Waals surface area contributed by atoms with Gasteiger partial charge >= 0.3 is 5.97 Å². The number of ether oxygens (including phenoxy) is 3. The maximum Gasteiger partial charge on any atom is 0.340 e. The lowest BCUT2D eigenvalue weighted by molar-refractivity contribution is 0.0430. The lowest BCUT2D eigenvalue weighted by atomic mass is 10.1. The van der Waals surface area contributed by atoms with Crippen LogP contribution < -0.4 is 14.8 Å². The number of nitrogens with zero attached hydrogens (tertiary/aromatic N) is 2. The van der Waals surface area contributed by atoms with E-state index < -0.39 is 5.97 Å². The molecule has 146 valence electrons. The van der Waals surface area contributed by atoms with E-state index in [9.17, 15) is 9.59 Å². The highest BCUT2D eigenvalue weighted by Crippen LogP contribution is 2.34. The monoisotopic (exact) mass is 403 g/mol. The first-order valence-electron chi connectivity index (χ1n) is 8.09. The molecule has 0 aliphatic heterocycles. The molecule has 0 saturated carbocycles. The standard InChI is InChI=1S/C18H17N3O6S/c1-10-19-16(27-21-10)9-26-18(23)11-7-13(24-2)14(25-3)8-12(11)20-17(22)15-5-4-6-28-15/h4-8H,9H2,1-3H3,(H,20,22). The van der Waals surface area contributed by atoms with Gasteiger partial charge in [-0.25, -0.2) is 4.79 Å².